The number of allylic oxidation sites excluding steroid dienone is 14. The molecular formula is C53H88O6. The number of ether oxygens (including phenoxy) is 3. The van der Waals surface area contributed by atoms with Crippen molar-refractivity contribution in [2.24, 2.45) is 0 Å². The van der Waals surface area contributed by atoms with E-state index >= 15 is 0 Å². The van der Waals surface area contributed by atoms with E-state index in [1.54, 1.807) is 0 Å². The van der Waals surface area contributed by atoms with Gasteiger partial charge in [-0.25, -0.2) is 0 Å². The highest BCUT2D eigenvalue weighted by Gasteiger charge is 2.19. The van der Waals surface area contributed by atoms with E-state index in [2.05, 4.69) is 81.5 Å². The third kappa shape index (κ3) is 45.5. The molecule has 0 aliphatic carbocycles. The molecule has 0 heterocycles. The van der Waals surface area contributed by atoms with E-state index < -0.39 is 6.10 Å². The van der Waals surface area contributed by atoms with Gasteiger partial charge in [0.15, 0.2) is 6.10 Å². The predicted octanol–water partition coefficient (Wildman–Crippen LogP) is 15.6. The van der Waals surface area contributed by atoms with Gasteiger partial charge in [0, 0.05) is 19.3 Å². The highest BCUT2D eigenvalue weighted by atomic mass is 16.6. The van der Waals surface area contributed by atoms with Crippen LogP contribution >= 0.6 is 0 Å². The Kier molecular flexibility index (Phi) is 44.5. The van der Waals surface area contributed by atoms with Crippen LogP contribution in [0.2, 0.25) is 0 Å². The molecule has 0 spiro atoms. The molecule has 0 bridgehead atoms. The van der Waals surface area contributed by atoms with Gasteiger partial charge in [-0.1, -0.05) is 215 Å². The van der Waals surface area contributed by atoms with Crippen LogP contribution in [0, 0.1) is 0 Å². The first-order valence-corrected chi connectivity index (χ1v) is 24.2. The summed E-state index contributed by atoms with van der Waals surface area (Å²) in [7, 11) is 0. The van der Waals surface area contributed by atoms with Crippen molar-refractivity contribution in [3.8, 4) is 0 Å². The maximum absolute atomic E-state index is 12.7. The molecule has 0 aromatic heterocycles. The van der Waals surface area contributed by atoms with E-state index in [0.717, 1.165) is 103 Å². The molecular weight excluding hydrogens is 733 g/mol. The van der Waals surface area contributed by atoms with Gasteiger partial charge in [0.1, 0.15) is 13.2 Å². The monoisotopic (exact) mass is 821 g/mol. The van der Waals surface area contributed by atoms with Gasteiger partial charge in [0.05, 0.1) is 0 Å². The van der Waals surface area contributed by atoms with Crippen molar-refractivity contribution in [1.82, 2.24) is 0 Å². The molecule has 0 aromatic rings. The van der Waals surface area contributed by atoms with Gasteiger partial charge in [0.2, 0.25) is 0 Å². The van der Waals surface area contributed by atoms with Gasteiger partial charge in [-0.05, 0) is 64.2 Å². The Morgan fingerprint density at radius 2 is 0.763 bits per heavy atom. The van der Waals surface area contributed by atoms with Gasteiger partial charge >= 0.3 is 17.9 Å². The molecule has 6 nitrogen and oxygen atoms in total. The second kappa shape index (κ2) is 47.3. The molecule has 0 amide bonds. The fourth-order valence-corrected chi connectivity index (χ4v) is 6.39. The molecule has 0 rings (SSSR count). The Labute approximate surface area is 363 Å². The summed E-state index contributed by atoms with van der Waals surface area (Å²) >= 11 is 0. The van der Waals surface area contributed by atoms with Gasteiger partial charge in [-0.3, -0.25) is 14.4 Å². The molecule has 1 atom stereocenters. The Morgan fingerprint density at radius 1 is 0.373 bits per heavy atom. The van der Waals surface area contributed by atoms with Gasteiger partial charge in [-0.15, -0.1) is 0 Å². The van der Waals surface area contributed by atoms with E-state index in [0.29, 0.717) is 19.3 Å². The normalized spacial score (nSPS) is 12.8. The number of esters is 3. The first-order chi connectivity index (χ1) is 29.0. The molecule has 0 saturated carbocycles. The summed E-state index contributed by atoms with van der Waals surface area (Å²) in [6, 6.07) is 0. The van der Waals surface area contributed by atoms with E-state index in [4.69, 9.17) is 14.2 Å². The minimum absolute atomic E-state index is 0.0881. The average molecular weight is 821 g/mol. The quantitative estimate of drug-likeness (QED) is 0.0201. The van der Waals surface area contributed by atoms with Crippen LogP contribution in [0.25, 0.3) is 0 Å². The molecule has 0 aromatic carbocycles. The topological polar surface area (TPSA) is 78.9 Å². The van der Waals surface area contributed by atoms with Gasteiger partial charge < -0.3 is 14.2 Å². The summed E-state index contributed by atoms with van der Waals surface area (Å²) in [5.41, 5.74) is 0. The fraction of sp³-hybridized carbons (Fsp3) is 0.679. The third-order valence-electron chi connectivity index (χ3n) is 9.99. The summed E-state index contributed by atoms with van der Waals surface area (Å²) < 4.78 is 16.7. The molecule has 0 aliphatic rings. The van der Waals surface area contributed by atoms with Crippen molar-refractivity contribution in [2.45, 2.75) is 219 Å². The highest BCUT2D eigenvalue weighted by Crippen LogP contribution is 2.14. The zero-order valence-electron chi connectivity index (χ0n) is 38.2. The van der Waals surface area contributed by atoms with E-state index in [9.17, 15) is 14.4 Å². The lowest BCUT2D eigenvalue weighted by molar-refractivity contribution is -0.167. The highest BCUT2D eigenvalue weighted by molar-refractivity contribution is 5.71. The zero-order chi connectivity index (χ0) is 43.0. The Hall–Kier alpha value is -3.41. The molecule has 0 saturated heterocycles. The average Bonchev–Trinajstić information content (AvgIpc) is 3.23. The standard InChI is InChI=1S/C53H88O6/c1-4-7-10-13-16-19-21-23-25-26-27-28-30-31-34-37-40-43-46-52(55)58-49-50(48-57-51(54)45-42-39-36-33-18-15-12-9-6-3)59-53(56)47-44-41-38-35-32-29-24-22-20-17-14-11-8-5-2/h8,10-11,13,16-17,19-21,23,25-28,50H,4-7,9,12,14-15,18,22,24,29-49H2,1-3H3/b11-8-,13-10-,19-16-,20-17-,23-21-,26-25-,28-27-. The van der Waals surface area contributed by atoms with E-state index in [1.165, 1.54) is 70.6 Å². The minimum atomic E-state index is -0.788. The van der Waals surface area contributed by atoms with E-state index in [1.807, 2.05) is 24.3 Å². The van der Waals surface area contributed by atoms with Crippen LogP contribution in [0.1, 0.15) is 213 Å². The first-order valence-electron chi connectivity index (χ1n) is 24.2. The first kappa shape index (κ1) is 55.6. The second-order valence-electron chi connectivity index (χ2n) is 15.8. The molecule has 336 valence electrons. The van der Waals surface area contributed by atoms with Crippen LogP contribution in [0.4, 0.5) is 0 Å². The minimum Gasteiger partial charge on any atom is -0.462 e. The molecule has 0 radical (unpaired) electrons. The van der Waals surface area contributed by atoms with Crippen LogP contribution in [0.3, 0.4) is 0 Å². The lowest BCUT2D eigenvalue weighted by atomic mass is 10.1. The Balaban J connectivity index is 4.42. The Bertz CT molecular complexity index is 1170. The molecule has 6 heteroatoms. The lowest BCUT2D eigenvalue weighted by Gasteiger charge is -2.18. The third-order valence-corrected chi connectivity index (χ3v) is 9.99. The maximum Gasteiger partial charge on any atom is 0.306 e. The molecule has 59 heavy (non-hydrogen) atoms. The number of unbranched alkanes of at least 4 members (excludes halogenated alkanes) is 21. The lowest BCUT2D eigenvalue weighted by Crippen LogP contribution is -2.30. The largest absolute Gasteiger partial charge is 0.462 e. The fourth-order valence-electron chi connectivity index (χ4n) is 6.39. The molecule has 0 fully saturated rings. The second-order valence-corrected chi connectivity index (χ2v) is 15.8. The summed E-state index contributed by atoms with van der Waals surface area (Å²) in [6.07, 6.45) is 59.9. The predicted molar refractivity (Wildman–Crippen MR) is 251 cm³/mol. The van der Waals surface area contributed by atoms with Crippen LogP contribution < -0.4 is 0 Å². The smallest absolute Gasteiger partial charge is 0.306 e. The summed E-state index contributed by atoms with van der Waals surface area (Å²) in [5, 5.41) is 0. The van der Waals surface area contributed by atoms with Crippen LogP contribution in [-0.4, -0.2) is 37.2 Å². The van der Waals surface area contributed by atoms with Crippen molar-refractivity contribution in [3.63, 3.8) is 0 Å². The van der Waals surface area contributed by atoms with Crippen LogP contribution in [0.5, 0.6) is 0 Å². The summed E-state index contributed by atoms with van der Waals surface area (Å²) in [4.78, 5) is 37.8. The SMILES string of the molecule is CC/C=C\C/C=C\CCCCCCCCCC(=O)OC(COC(=O)CCCCCCC\C=C/C=C\C=C/C=C\C=C/CCC)COC(=O)CCCCCCCCCCC. The Morgan fingerprint density at radius 3 is 1.24 bits per heavy atom. The molecule has 0 aliphatic heterocycles. The van der Waals surface area contributed by atoms with Crippen molar-refractivity contribution in [1.29, 1.82) is 0 Å². The van der Waals surface area contributed by atoms with Gasteiger partial charge in [-0.2, -0.15) is 0 Å². The number of hydrogen-bond acceptors (Lipinski definition) is 6. The van der Waals surface area contributed by atoms with Crippen molar-refractivity contribution in [3.05, 3.63) is 85.1 Å². The summed E-state index contributed by atoms with van der Waals surface area (Å²) in [5.74, 6) is -0.929. The molecule has 1 unspecified atom stereocenters. The van der Waals surface area contributed by atoms with Crippen molar-refractivity contribution in [2.75, 3.05) is 13.2 Å². The van der Waals surface area contributed by atoms with Crippen molar-refractivity contribution < 1.29 is 28.6 Å². The van der Waals surface area contributed by atoms with Crippen LogP contribution in [-0.2, 0) is 28.6 Å². The number of rotatable bonds is 42. The van der Waals surface area contributed by atoms with E-state index in [-0.39, 0.29) is 31.1 Å². The number of carbonyl (C=O) groups excluding carboxylic acids is 3. The maximum atomic E-state index is 12.7. The van der Waals surface area contributed by atoms with Crippen LogP contribution in [0.15, 0.2) is 85.1 Å². The zero-order valence-corrected chi connectivity index (χ0v) is 38.2. The number of hydrogen-bond donors (Lipinski definition) is 0. The molecule has 0 N–H and O–H groups in total. The summed E-state index contributed by atoms with van der Waals surface area (Å²) in [6.45, 7) is 6.38. The van der Waals surface area contributed by atoms with Crippen molar-refractivity contribution >= 4 is 17.9 Å². The number of carbonyl (C=O) groups is 3. The van der Waals surface area contributed by atoms with Gasteiger partial charge in [0.25, 0.3) is 0 Å².